The molecule has 3 heteroatoms. The van der Waals surface area contributed by atoms with Crippen LogP contribution in [0.25, 0.3) is 0 Å². The van der Waals surface area contributed by atoms with Crippen LogP contribution >= 0.6 is 22.2 Å². The van der Waals surface area contributed by atoms with Crippen LogP contribution in [0.1, 0.15) is 20.8 Å². The Morgan fingerprint density at radius 3 is 1.00 bits per heavy atom. The molecule has 0 amide bonds. The van der Waals surface area contributed by atoms with Crippen molar-refractivity contribution in [3.63, 3.8) is 0 Å². The first-order valence-corrected chi connectivity index (χ1v) is 8.29. The summed E-state index contributed by atoms with van der Waals surface area (Å²) < 4.78 is 0. The minimum Gasteiger partial charge on any atom is -0.150 e. The number of halogens is 2. The highest BCUT2D eigenvalue weighted by atomic mass is 35.7. The Morgan fingerprint density at radius 1 is 0.769 bits per heavy atom. The highest BCUT2D eigenvalue weighted by molar-refractivity contribution is 7.34. The monoisotopic (exact) mass is 234 g/mol. The van der Waals surface area contributed by atoms with Crippen molar-refractivity contribution in [1.82, 2.24) is 0 Å². The zero-order chi connectivity index (χ0) is 10.3. The molecule has 0 fully saturated rings. The molecule has 0 heterocycles. The van der Waals surface area contributed by atoms with E-state index < -0.39 is 7.42 Å². The normalized spacial score (nSPS) is 10.6. The molecular weight excluding hydrogens is 219 g/mol. The minimum absolute atomic E-state index is 0.170. The molecule has 0 aliphatic heterocycles. The van der Waals surface area contributed by atoms with E-state index in [-0.39, 0.29) is 5.04 Å². The lowest BCUT2D eigenvalue weighted by Crippen LogP contribution is -2.11. The predicted molar refractivity (Wildman–Crippen MR) is 65.0 cm³/mol. The van der Waals surface area contributed by atoms with Gasteiger partial charge in [-0.05, 0) is 5.04 Å². The van der Waals surface area contributed by atoms with E-state index in [9.17, 15) is 0 Å². The second-order valence-corrected chi connectivity index (χ2v) is 9.44. The third kappa shape index (κ3) is 8.35. The SMILES string of the molecule is CC(C)(C)[SiH](Cl)Cl.c1ccccc1. The lowest BCUT2D eigenvalue weighted by Gasteiger charge is -2.16. The Hall–Kier alpha value is 0.0169. The van der Waals surface area contributed by atoms with Crippen LogP contribution in [-0.2, 0) is 0 Å². The van der Waals surface area contributed by atoms with Crippen LogP contribution in [0.5, 0.6) is 0 Å². The van der Waals surface area contributed by atoms with Gasteiger partial charge in [-0.3, -0.25) is 0 Å². The average Bonchev–Trinajstić information content (AvgIpc) is 2.07. The molecule has 13 heavy (non-hydrogen) atoms. The zero-order valence-electron chi connectivity index (χ0n) is 8.30. The average molecular weight is 235 g/mol. The number of hydrogen-bond donors (Lipinski definition) is 0. The molecule has 0 saturated carbocycles. The first-order valence-electron chi connectivity index (χ1n) is 4.23. The molecule has 1 aromatic rings. The van der Waals surface area contributed by atoms with Crippen molar-refractivity contribution >= 4 is 29.6 Å². The first kappa shape index (κ1) is 13.0. The summed E-state index contributed by atoms with van der Waals surface area (Å²) in [5.74, 6) is 0. The molecular formula is C10H16Cl2Si. The fourth-order valence-corrected chi connectivity index (χ4v) is 0.385. The molecule has 0 saturated heterocycles. The molecule has 0 spiro atoms. The second kappa shape index (κ2) is 6.47. The zero-order valence-corrected chi connectivity index (χ0v) is 11.0. The number of hydrogen-bond acceptors (Lipinski definition) is 0. The van der Waals surface area contributed by atoms with Gasteiger partial charge in [0, 0.05) is 0 Å². The van der Waals surface area contributed by atoms with Gasteiger partial charge < -0.3 is 0 Å². The van der Waals surface area contributed by atoms with Crippen LogP contribution in [0.15, 0.2) is 36.4 Å². The van der Waals surface area contributed by atoms with Crippen molar-refractivity contribution in [2.24, 2.45) is 0 Å². The fraction of sp³-hybridized carbons (Fsp3) is 0.400. The summed E-state index contributed by atoms with van der Waals surface area (Å²) in [7, 11) is -1.41. The van der Waals surface area contributed by atoms with Gasteiger partial charge in [-0.15, -0.1) is 22.2 Å². The molecule has 0 bridgehead atoms. The first-order chi connectivity index (χ1) is 5.94. The molecule has 1 aromatic carbocycles. The summed E-state index contributed by atoms with van der Waals surface area (Å²) >= 11 is 11.3. The van der Waals surface area contributed by atoms with Crippen LogP contribution in [0.4, 0.5) is 0 Å². The maximum Gasteiger partial charge on any atom is 0.242 e. The summed E-state index contributed by atoms with van der Waals surface area (Å²) in [4.78, 5) is 0. The molecule has 0 N–H and O–H groups in total. The van der Waals surface area contributed by atoms with Gasteiger partial charge >= 0.3 is 0 Å². The van der Waals surface area contributed by atoms with Gasteiger partial charge in [-0.2, -0.15) is 0 Å². The Bertz CT molecular complexity index is 177. The summed E-state index contributed by atoms with van der Waals surface area (Å²) in [6, 6.07) is 12.0. The van der Waals surface area contributed by atoms with Crippen LogP contribution in [0.2, 0.25) is 5.04 Å². The smallest absolute Gasteiger partial charge is 0.150 e. The van der Waals surface area contributed by atoms with E-state index in [1.54, 1.807) is 0 Å². The molecule has 0 nitrogen and oxygen atoms in total. The maximum atomic E-state index is 5.66. The van der Waals surface area contributed by atoms with Crippen molar-refractivity contribution in [1.29, 1.82) is 0 Å². The lowest BCUT2D eigenvalue weighted by molar-refractivity contribution is 0.759. The molecule has 0 unspecified atom stereocenters. The largest absolute Gasteiger partial charge is 0.242 e. The topological polar surface area (TPSA) is 0 Å². The minimum atomic E-state index is -1.41. The van der Waals surface area contributed by atoms with Crippen LogP contribution in [0.3, 0.4) is 0 Å². The van der Waals surface area contributed by atoms with Crippen molar-refractivity contribution in [3.8, 4) is 0 Å². The molecule has 0 aromatic heterocycles. The molecule has 0 aliphatic rings. The lowest BCUT2D eigenvalue weighted by atomic mass is 10.3. The van der Waals surface area contributed by atoms with E-state index in [0.717, 1.165) is 0 Å². The molecule has 0 radical (unpaired) electrons. The van der Waals surface area contributed by atoms with E-state index in [2.05, 4.69) is 20.8 Å². The molecule has 0 atom stereocenters. The van der Waals surface area contributed by atoms with Gasteiger partial charge in [0.15, 0.2) is 0 Å². The van der Waals surface area contributed by atoms with Crippen LogP contribution in [0, 0.1) is 0 Å². The van der Waals surface area contributed by atoms with E-state index in [1.807, 2.05) is 36.4 Å². The Kier molecular flexibility index (Phi) is 6.48. The van der Waals surface area contributed by atoms with Gasteiger partial charge in [0.1, 0.15) is 0 Å². The van der Waals surface area contributed by atoms with E-state index in [4.69, 9.17) is 22.2 Å². The van der Waals surface area contributed by atoms with Gasteiger partial charge in [0.25, 0.3) is 0 Å². The van der Waals surface area contributed by atoms with Crippen LogP contribution in [-0.4, -0.2) is 7.42 Å². The van der Waals surface area contributed by atoms with Gasteiger partial charge in [-0.25, -0.2) is 0 Å². The van der Waals surface area contributed by atoms with Gasteiger partial charge in [0.2, 0.25) is 7.42 Å². The van der Waals surface area contributed by atoms with E-state index >= 15 is 0 Å². The standard InChI is InChI=1S/C6H6.C4H10Cl2Si/c1-2-4-6-5-3-1;1-4(2,3)7(5)6/h1-6H;7H,1-3H3. The molecule has 74 valence electrons. The highest BCUT2D eigenvalue weighted by Crippen LogP contribution is 2.30. The van der Waals surface area contributed by atoms with Crippen molar-refractivity contribution < 1.29 is 0 Å². The summed E-state index contributed by atoms with van der Waals surface area (Å²) in [5, 5.41) is 0.170. The third-order valence-corrected chi connectivity index (χ3v) is 6.56. The van der Waals surface area contributed by atoms with Crippen molar-refractivity contribution in [2.45, 2.75) is 25.8 Å². The molecule has 1 rings (SSSR count). The Balaban J connectivity index is 0.000000223. The molecule has 0 aliphatic carbocycles. The van der Waals surface area contributed by atoms with Crippen molar-refractivity contribution in [3.05, 3.63) is 36.4 Å². The highest BCUT2D eigenvalue weighted by Gasteiger charge is 2.21. The second-order valence-electron chi connectivity index (χ2n) is 3.82. The summed E-state index contributed by atoms with van der Waals surface area (Å²) in [6.45, 7) is 6.18. The van der Waals surface area contributed by atoms with Crippen LogP contribution < -0.4 is 0 Å². The van der Waals surface area contributed by atoms with Crippen molar-refractivity contribution in [2.75, 3.05) is 0 Å². The Labute approximate surface area is 91.9 Å². The number of rotatable bonds is 0. The van der Waals surface area contributed by atoms with Gasteiger partial charge in [0.05, 0.1) is 0 Å². The number of benzene rings is 1. The quantitative estimate of drug-likeness (QED) is 0.467. The third-order valence-electron chi connectivity index (χ3n) is 1.32. The Morgan fingerprint density at radius 2 is 0.923 bits per heavy atom. The predicted octanol–water partition coefficient (Wildman–Crippen LogP) is 4.17. The fourth-order valence-electron chi connectivity index (χ4n) is 0.385. The summed E-state index contributed by atoms with van der Waals surface area (Å²) in [6.07, 6.45) is 0. The maximum absolute atomic E-state index is 5.66. The van der Waals surface area contributed by atoms with E-state index in [1.165, 1.54) is 0 Å². The summed E-state index contributed by atoms with van der Waals surface area (Å²) in [5.41, 5.74) is 0. The van der Waals surface area contributed by atoms with Gasteiger partial charge in [-0.1, -0.05) is 57.2 Å². The van der Waals surface area contributed by atoms with E-state index in [0.29, 0.717) is 0 Å².